The molecule has 0 aliphatic carbocycles. The van der Waals surface area contributed by atoms with Gasteiger partial charge < -0.3 is 9.90 Å². The first kappa shape index (κ1) is 26.7. The summed E-state index contributed by atoms with van der Waals surface area (Å²) in [4.78, 5) is 37.3. The predicted octanol–water partition coefficient (Wildman–Crippen LogP) is 0.954. The fraction of sp³-hybridized carbons (Fsp3) is 0.0833. The van der Waals surface area contributed by atoms with Crippen molar-refractivity contribution in [2.24, 2.45) is 0 Å². The second-order valence-corrected chi connectivity index (χ2v) is 8.67. The molecule has 0 spiro atoms. The summed E-state index contributed by atoms with van der Waals surface area (Å²) in [6.45, 7) is 0. The van der Waals surface area contributed by atoms with E-state index in [2.05, 4.69) is 8.75 Å². The minimum atomic E-state index is -1.51. The SMILES string of the molecule is CSc1ccc(C(=O)C(Cc2ccc([N+](=O)[O-])cc2)=C(C(=O)[O-])c2ccc3nsnc3c2)cc1.[Na+]. The van der Waals surface area contributed by atoms with E-state index in [9.17, 15) is 24.8 Å². The summed E-state index contributed by atoms with van der Waals surface area (Å²) in [7, 11) is 0. The number of hydrogen-bond donors (Lipinski definition) is 0. The van der Waals surface area contributed by atoms with Crippen LogP contribution in [0.3, 0.4) is 0 Å². The van der Waals surface area contributed by atoms with E-state index >= 15 is 0 Å². The Morgan fingerprint density at radius 3 is 2.17 bits per heavy atom. The molecule has 4 rings (SSSR count). The van der Waals surface area contributed by atoms with Crippen molar-refractivity contribution in [2.45, 2.75) is 11.3 Å². The van der Waals surface area contributed by atoms with Crippen molar-refractivity contribution in [2.75, 3.05) is 6.26 Å². The maximum absolute atomic E-state index is 13.6. The Hall–Kier alpha value is -2.89. The van der Waals surface area contributed by atoms with Crippen molar-refractivity contribution in [1.29, 1.82) is 0 Å². The first-order chi connectivity index (χ1) is 16.4. The second kappa shape index (κ2) is 11.7. The first-order valence-corrected chi connectivity index (χ1v) is 11.9. The molecule has 0 N–H and O–H groups in total. The third-order valence-electron chi connectivity index (χ3n) is 5.20. The molecule has 0 saturated carbocycles. The predicted molar refractivity (Wildman–Crippen MR) is 129 cm³/mol. The number of nitro benzene ring substituents is 1. The number of nitrogens with zero attached hydrogens (tertiary/aromatic N) is 3. The molecule has 3 aromatic carbocycles. The molecule has 11 heteroatoms. The second-order valence-electron chi connectivity index (χ2n) is 7.27. The Bertz CT molecular complexity index is 1430. The van der Waals surface area contributed by atoms with Crippen LogP contribution in [0.2, 0.25) is 0 Å². The monoisotopic (exact) mass is 513 g/mol. The number of carboxylic acid groups (broad SMARTS) is 1. The largest absolute Gasteiger partial charge is 1.00 e. The van der Waals surface area contributed by atoms with Crippen LogP contribution in [0.15, 0.2) is 77.2 Å². The zero-order valence-corrected chi connectivity index (χ0v) is 22.4. The molecule has 35 heavy (non-hydrogen) atoms. The van der Waals surface area contributed by atoms with Crippen LogP contribution in [-0.2, 0) is 11.2 Å². The van der Waals surface area contributed by atoms with E-state index < -0.39 is 16.7 Å². The molecule has 0 radical (unpaired) electrons. The zero-order chi connectivity index (χ0) is 24.2. The number of carboxylic acids is 1. The number of benzene rings is 3. The molecule has 1 heterocycles. The van der Waals surface area contributed by atoms with Gasteiger partial charge in [0.25, 0.3) is 5.69 Å². The Morgan fingerprint density at radius 1 is 0.943 bits per heavy atom. The number of carbonyl (C=O) groups excluding carboxylic acids is 2. The van der Waals surface area contributed by atoms with Crippen LogP contribution >= 0.6 is 23.5 Å². The number of aliphatic carboxylic acids is 1. The number of thioether (sulfide) groups is 1. The molecule has 1 aromatic heterocycles. The molecular formula is C24H16N3NaO5S2. The number of aromatic nitrogens is 2. The maximum atomic E-state index is 13.6. The summed E-state index contributed by atoms with van der Waals surface area (Å²) in [6.07, 6.45) is 1.85. The number of carbonyl (C=O) groups is 2. The van der Waals surface area contributed by atoms with E-state index in [1.165, 1.54) is 36.0 Å². The molecule has 0 bridgehead atoms. The third-order valence-corrected chi connectivity index (χ3v) is 6.50. The summed E-state index contributed by atoms with van der Waals surface area (Å²) in [6, 6.07) is 17.3. The van der Waals surface area contributed by atoms with Crippen molar-refractivity contribution in [1.82, 2.24) is 8.75 Å². The zero-order valence-electron chi connectivity index (χ0n) is 18.8. The summed E-state index contributed by atoms with van der Waals surface area (Å²) in [5.74, 6) is -1.98. The average Bonchev–Trinajstić information content (AvgIpc) is 3.31. The van der Waals surface area contributed by atoms with Gasteiger partial charge in [-0.05, 0) is 53.8 Å². The van der Waals surface area contributed by atoms with E-state index in [0.29, 0.717) is 22.2 Å². The van der Waals surface area contributed by atoms with Crippen molar-refractivity contribution >= 4 is 57.5 Å². The van der Waals surface area contributed by atoms with Crippen molar-refractivity contribution in [3.63, 3.8) is 0 Å². The van der Waals surface area contributed by atoms with Crippen LogP contribution in [0, 0.1) is 10.1 Å². The summed E-state index contributed by atoms with van der Waals surface area (Å²) in [5, 5.41) is 23.3. The molecule has 0 saturated heterocycles. The summed E-state index contributed by atoms with van der Waals surface area (Å²) < 4.78 is 8.28. The number of Topliss-reactive ketones (excluding diaryl/α,β-unsaturated/α-hetero) is 1. The number of allylic oxidation sites excluding steroid dienone is 1. The van der Waals surface area contributed by atoms with Gasteiger partial charge in [-0.1, -0.05) is 18.2 Å². The van der Waals surface area contributed by atoms with Gasteiger partial charge in [-0.15, -0.1) is 11.8 Å². The number of non-ortho nitro benzene ring substituents is 1. The van der Waals surface area contributed by atoms with Crippen molar-refractivity contribution in [3.8, 4) is 0 Å². The van der Waals surface area contributed by atoms with Crippen LogP contribution in [0.4, 0.5) is 5.69 Å². The van der Waals surface area contributed by atoms with Gasteiger partial charge in [0, 0.05) is 40.2 Å². The van der Waals surface area contributed by atoms with Gasteiger partial charge in [0.05, 0.1) is 22.6 Å². The molecular weight excluding hydrogens is 497 g/mol. The van der Waals surface area contributed by atoms with E-state index in [-0.39, 0.29) is 58.4 Å². The Morgan fingerprint density at radius 2 is 1.57 bits per heavy atom. The topological polar surface area (TPSA) is 126 Å². The van der Waals surface area contributed by atoms with Crippen molar-refractivity contribution in [3.05, 3.63) is 99.1 Å². The molecule has 0 fully saturated rings. The van der Waals surface area contributed by atoms with Gasteiger partial charge in [0.1, 0.15) is 11.0 Å². The Balaban J connectivity index is 0.00000342. The first-order valence-electron chi connectivity index (χ1n) is 9.96. The Labute approximate surface area is 230 Å². The maximum Gasteiger partial charge on any atom is 1.00 e. The van der Waals surface area contributed by atoms with Crippen molar-refractivity contribution < 1.29 is 49.2 Å². The van der Waals surface area contributed by atoms with E-state index in [1.54, 1.807) is 42.5 Å². The fourth-order valence-electron chi connectivity index (χ4n) is 3.49. The summed E-state index contributed by atoms with van der Waals surface area (Å²) in [5.41, 5.74) is 1.91. The normalized spacial score (nSPS) is 11.5. The summed E-state index contributed by atoms with van der Waals surface area (Å²) >= 11 is 2.52. The minimum Gasteiger partial charge on any atom is -0.545 e. The van der Waals surface area contributed by atoms with Crippen LogP contribution in [0.5, 0.6) is 0 Å². The number of fused-ring (bicyclic) bond motifs is 1. The average molecular weight is 514 g/mol. The van der Waals surface area contributed by atoms with Crippen LogP contribution < -0.4 is 34.7 Å². The molecule has 0 aliphatic rings. The molecule has 0 unspecified atom stereocenters. The van der Waals surface area contributed by atoms with E-state index in [4.69, 9.17) is 0 Å². The Kier molecular flexibility index (Phi) is 8.92. The van der Waals surface area contributed by atoms with Crippen LogP contribution in [-0.4, -0.2) is 31.7 Å². The molecule has 0 aliphatic heterocycles. The van der Waals surface area contributed by atoms with Gasteiger partial charge in [-0.2, -0.15) is 8.75 Å². The quantitative estimate of drug-likeness (QED) is 0.0852. The van der Waals surface area contributed by atoms with E-state index in [0.717, 1.165) is 16.6 Å². The molecule has 0 amide bonds. The molecule has 8 nitrogen and oxygen atoms in total. The standard InChI is InChI=1S/C24H17N3O5S2.Na/c1-33-18-9-4-15(5-10-18)23(28)19(12-14-2-7-17(8-3-14)27(31)32)22(24(29)30)16-6-11-20-21(13-16)26-34-25-20;/h2-11,13H,12H2,1H3,(H,29,30);/q;+1/p-1. The number of nitro groups is 1. The fourth-order valence-corrected chi connectivity index (χ4v) is 4.42. The number of rotatable bonds is 8. The third kappa shape index (κ3) is 6.03. The number of ketones is 1. The van der Waals surface area contributed by atoms with Gasteiger partial charge in [0.15, 0.2) is 5.78 Å². The van der Waals surface area contributed by atoms with Crippen LogP contribution in [0.25, 0.3) is 16.6 Å². The van der Waals surface area contributed by atoms with Gasteiger partial charge >= 0.3 is 29.6 Å². The number of hydrogen-bond acceptors (Lipinski definition) is 9. The van der Waals surface area contributed by atoms with Gasteiger partial charge in [-0.3, -0.25) is 14.9 Å². The van der Waals surface area contributed by atoms with Gasteiger partial charge in [-0.25, -0.2) is 0 Å². The van der Waals surface area contributed by atoms with Gasteiger partial charge in [0.2, 0.25) is 0 Å². The smallest absolute Gasteiger partial charge is 0.545 e. The minimum absolute atomic E-state index is 0. The molecule has 0 atom stereocenters. The molecule has 4 aromatic rings. The van der Waals surface area contributed by atoms with Crippen LogP contribution in [0.1, 0.15) is 21.5 Å². The molecule has 170 valence electrons. The van der Waals surface area contributed by atoms with E-state index in [1.807, 2.05) is 6.26 Å².